The number of ether oxygens (including phenoxy) is 2. The van der Waals surface area contributed by atoms with E-state index in [2.05, 4.69) is 0 Å². The Morgan fingerprint density at radius 2 is 1.68 bits per heavy atom. The molecule has 1 aliphatic rings. The molecule has 0 saturated carbocycles. The predicted molar refractivity (Wildman–Crippen MR) is 85.3 cm³/mol. The molecule has 0 spiro atoms. The quantitative estimate of drug-likeness (QED) is 0.813. The third kappa shape index (κ3) is 3.03. The van der Waals surface area contributed by atoms with Crippen LogP contribution in [0.5, 0.6) is 0 Å². The average molecular weight is 297 g/mol. The molecule has 2 aromatic rings. The van der Waals surface area contributed by atoms with Crippen molar-refractivity contribution in [1.29, 1.82) is 0 Å². The lowest BCUT2D eigenvalue weighted by Crippen LogP contribution is -2.09. The molecule has 2 aromatic carbocycles. The van der Waals surface area contributed by atoms with Gasteiger partial charge in [0.05, 0.1) is 13.2 Å². The highest BCUT2D eigenvalue weighted by Crippen LogP contribution is 2.25. The van der Waals surface area contributed by atoms with Crippen molar-refractivity contribution in [3.8, 4) is 0 Å². The highest BCUT2D eigenvalue weighted by Gasteiger charge is 2.19. The van der Waals surface area contributed by atoms with Gasteiger partial charge in [0.15, 0.2) is 12.1 Å². The van der Waals surface area contributed by atoms with Gasteiger partial charge in [0.2, 0.25) is 0 Å². The van der Waals surface area contributed by atoms with E-state index in [0.29, 0.717) is 24.3 Å². The largest absolute Gasteiger partial charge is 0.378 e. The Bertz CT molecular complexity index is 658. The first kappa shape index (κ1) is 14.8. The van der Waals surface area contributed by atoms with Gasteiger partial charge < -0.3 is 14.4 Å². The van der Waals surface area contributed by atoms with Crippen molar-refractivity contribution in [2.24, 2.45) is 0 Å². The smallest absolute Gasteiger partial charge is 0.193 e. The molecule has 1 saturated heterocycles. The summed E-state index contributed by atoms with van der Waals surface area (Å²) >= 11 is 0. The molecule has 0 N–H and O–H groups in total. The van der Waals surface area contributed by atoms with Crippen molar-refractivity contribution in [1.82, 2.24) is 0 Å². The zero-order valence-corrected chi connectivity index (χ0v) is 12.8. The lowest BCUT2D eigenvalue weighted by molar-refractivity contribution is -0.0441. The van der Waals surface area contributed by atoms with E-state index in [1.54, 1.807) is 0 Å². The van der Waals surface area contributed by atoms with Crippen LogP contribution < -0.4 is 4.90 Å². The molecule has 0 aromatic heterocycles. The molecule has 114 valence electrons. The number of benzene rings is 2. The Labute approximate surface area is 130 Å². The molecular weight excluding hydrogens is 278 g/mol. The van der Waals surface area contributed by atoms with Crippen molar-refractivity contribution in [3.63, 3.8) is 0 Å². The number of carbonyl (C=O) groups excluding carboxylic acids is 1. The van der Waals surface area contributed by atoms with Crippen LogP contribution in [0, 0.1) is 0 Å². The van der Waals surface area contributed by atoms with Crippen LogP contribution in [0.3, 0.4) is 0 Å². The van der Waals surface area contributed by atoms with Crippen molar-refractivity contribution in [3.05, 3.63) is 65.2 Å². The van der Waals surface area contributed by atoms with Gasteiger partial charge in [-0.05, 0) is 30.3 Å². The Morgan fingerprint density at radius 3 is 2.32 bits per heavy atom. The van der Waals surface area contributed by atoms with Crippen LogP contribution in [0.4, 0.5) is 5.69 Å². The number of ketones is 1. The standard InChI is InChI=1S/C18H19NO3/c1-19(2)16-8-6-13(7-9-16)17(20)14-4-3-5-15(12-14)18-21-10-11-22-18/h3-9,12,18H,10-11H2,1-2H3. The topological polar surface area (TPSA) is 38.8 Å². The van der Waals surface area contributed by atoms with E-state index in [9.17, 15) is 4.79 Å². The third-order valence-electron chi connectivity index (χ3n) is 3.69. The molecule has 0 atom stereocenters. The van der Waals surface area contributed by atoms with E-state index in [1.807, 2.05) is 67.5 Å². The normalized spacial score (nSPS) is 15.0. The minimum Gasteiger partial charge on any atom is -0.378 e. The third-order valence-corrected chi connectivity index (χ3v) is 3.69. The van der Waals surface area contributed by atoms with E-state index in [-0.39, 0.29) is 12.1 Å². The van der Waals surface area contributed by atoms with Crippen LogP contribution in [0.25, 0.3) is 0 Å². The highest BCUT2D eigenvalue weighted by atomic mass is 16.7. The lowest BCUT2D eigenvalue weighted by atomic mass is 10.0. The zero-order valence-electron chi connectivity index (χ0n) is 12.8. The molecule has 0 aliphatic carbocycles. The Morgan fingerprint density at radius 1 is 1.00 bits per heavy atom. The van der Waals surface area contributed by atoms with Crippen molar-refractivity contribution < 1.29 is 14.3 Å². The molecule has 22 heavy (non-hydrogen) atoms. The molecule has 4 heteroatoms. The van der Waals surface area contributed by atoms with Gasteiger partial charge in [-0.15, -0.1) is 0 Å². The molecule has 0 amide bonds. The Balaban J connectivity index is 1.83. The van der Waals surface area contributed by atoms with Gasteiger partial charge in [-0.1, -0.05) is 18.2 Å². The second-order valence-electron chi connectivity index (χ2n) is 5.47. The fraction of sp³-hybridized carbons (Fsp3) is 0.278. The number of hydrogen-bond acceptors (Lipinski definition) is 4. The zero-order chi connectivity index (χ0) is 15.5. The summed E-state index contributed by atoms with van der Waals surface area (Å²) < 4.78 is 11.0. The molecule has 4 nitrogen and oxygen atoms in total. The first-order valence-electron chi connectivity index (χ1n) is 7.30. The number of nitrogens with zero attached hydrogens (tertiary/aromatic N) is 1. The van der Waals surface area contributed by atoms with Crippen LogP contribution in [0.2, 0.25) is 0 Å². The first-order chi connectivity index (χ1) is 10.6. The fourth-order valence-electron chi connectivity index (χ4n) is 2.45. The summed E-state index contributed by atoms with van der Waals surface area (Å²) in [4.78, 5) is 14.6. The van der Waals surface area contributed by atoms with Gasteiger partial charge in [-0.25, -0.2) is 0 Å². The van der Waals surface area contributed by atoms with Crippen LogP contribution in [0.1, 0.15) is 27.8 Å². The molecule has 1 heterocycles. The summed E-state index contributed by atoms with van der Waals surface area (Å²) in [5, 5.41) is 0. The summed E-state index contributed by atoms with van der Waals surface area (Å²) in [5.74, 6) is 0.00477. The van der Waals surface area contributed by atoms with Crippen molar-refractivity contribution in [2.75, 3.05) is 32.2 Å². The highest BCUT2D eigenvalue weighted by molar-refractivity contribution is 6.09. The maximum atomic E-state index is 12.6. The number of hydrogen-bond donors (Lipinski definition) is 0. The fourth-order valence-corrected chi connectivity index (χ4v) is 2.45. The summed E-state index contributed by atoms with van der Waals surface area (Å²) in [6.45, 7) is 1.18. The molecule has 1 fully saturated rings. The van der Waals surface area contributed by atoms with Gasteiger partial charge in [0, 0.05) is 36.5 Å². The Kier molecular flexibility index (Phi) is 4.22. The molecule has 3 rings (SSSR count). The number of anilines is 1. The summed E-state index contributed by atoms with van der Waals surface area (Å²) in [6, 6.07) is 15.0. The maximum absolute atomic E-state index is 12.6. The van der Waals surface area contributed by atoms with Crippen LogP contribution in [0.15, 0.2) is 48.5 Å². The van der Waals surface area contributed by atoms with Crippen LogP contribution in [-0.2, 0) is 9.47 Å². The molecular formula is C18H19NO3. The van der Waals surface area contributed by atoms with E-state index in [1.165, 1.54) is 0 Å². The lowest BCUT2D eigenvalue weighted by Gasteiger charge is -2.13. The number of carbonyl (C=O) groups is 1. The average Bonchev–Trinajstić information content (AvgIpc) is 3.09. The molecule has 1 aliphatic heterocycles. The minimum atomic E-state index is -0.358. The Hall–Kier alpha value is -2.17. The van der Waals surface area contributed by atoms with Crippen LogP contribution >= 0.6 is 0 Å². The minimum absolute atomic E-state index is 0.00477. The van der Waals surface area contributed by atoms with Gasteiger partial charge in [-0.3, -0.25) is 4.79 Å². The van der Waals surface area contributed by atoms with E-state index in [0.717, 1.165) is 11.3 Å². The second-order valence-corrected chi connectivity index (χ2v) is 5.47. The van der Waals surface area contributed by atoms with Gasteiger partial charge in [0.1, 0.15) is 0 Å². The summed E-state index contributed by atoms with van der Waals surface area (Å²) in [6.07, 6.45) is -0.358. The van der Waals surface area contributed by atoms with Gasteiger partial charge in [-0.2, -0.15) is 0 Å². The van der Waals surface area contributed by atoms with Crippen LogP contribution in [-0.4, -0.2) is 33.1 Å². The SMILES string of the molecule is CN(C)c1ccc(C(=O)c2cccc(C3OCCO3)c2)cc1. The van der Waals surface area contributed by atoms with Gasteiger partial charge >= 0.3 is 0 Å². The monoisotopic (exact) mass is 297 g/mol. The van der Waals surface area contributed by atoms with Crippen molar-refractivity contribution >= 4 is 11.5 Å². The van der Waals surface area contributed by atoms with E-state index in [4.69, 9.17) is 9.47 Å². The van der Waals surface area contributed by atoms with E-state index >= 15 is 0 Å². The molecule has 0 bridgehead atoms. The second kappa shape index (κ2) is 6.30. The van der Waals surface area contributed by atoms with E-state index < -0.39 is 0 Å². The summed E-state index contributed by atoms with van der Waals surface area (Å²) in [7, 11) is 3.95. The van der Waals surface area contributed by atoms with Crippen molar-refractivity contribution in [2.45, 2.75) is 6.29 Å². The van der Waals surface area contributed by atoms with Gasteiger partial charge in [0.25, 0.3) is 0 Å². The number of rotatable bonds is 4. The maximum Gasteiger partial charge on any atom is 0.193 e. The first-order valence-corrected chi connectivity index (χ1v) is 7.30. The summed E-state index contributed by atoms with van der Waals surface area (Å²) in [5.41, 5.74) is 3.27. The predicted octanol–water partition coefficient (Wildman–Crippen LogP) is 3.03. The molecule has 0 radical (unpaired) electrons. The molecule has 0 unspecified atom stereocenters.